The number of nitrogens with one attached hydrogen (secondary N) is 2. The number of fused-ring (bicyclic) bond motifs is 2. The zero-order valence-electron chi connectivity index (χ0n) is 17.1. The number of piperidine rings is 1. The molecule has 0 atom stereocenters. The van der Waals surface area contributed by atoms with Gasteiger partial charge >= 0.3 is 0 Å². The molecule has 9 nitrogen and oxygen atoms in total. The van der Waals surface area contributed by atoms with E-state index in [4.69, 9.17) is 10.8 Å². The van der Waals surface area contributed by atoms with Gasteiger partial charge in [-0.05, 0) is 37.8 Å². The van der Waals surface area contributed by atoms with Crippen LogP contribution < -0.4 is 21.8 Å². The quantitative estimate of drug-likeness (QED) is 0.493. The predicted octanol–water partition coefficient (Wildman–Crippen LogP) is 0.515. The Bertz CT molecular complexity index is 1310. The summed E-state index contributed by atoms with van der Waals surface area (Å²) in [5, 5.41) is 19.9. The molecule has 3 aliphatic rings. The number of amides is 1. The van der Waals surface area contributed by atoms with E-state index in [0.29, 0.717) is 23.9 Å². The van der Waals surface area contributed by atoms with E-state index < -0.39 is 0 Å². The molecule has 2 fully saturated rings. The van der Waals surface area contributed by atoms with Gasteiger partial charge in [0.25, 0.3) is 0 Å². The lowest BCUT2D eigenvalue weighted by atomic mass is 10.0. The molecule has 4 heterocycles. The van der Waals surface area contributed by atoms with Gasteiger partial charge < -0.3 is 26.0 Å². The molecule has 1 saturated carbocycles. The first-order valence-corrected chi connectivity index (χ1v) is 10.9. The summed E-state index contributed by atoms with van der Waals surface area (Å²) in [5.74, 6) is 1.32. The van der Waals surface area contributed by atoms with E-state index in [1.54, 1.807) is 6.07 Å². The number of likely N-dealkylation sites (tertiary alicyclic amines) is 1. The second-order valence-corrected chi connectivity index (χ2v) is 8.65. The van der Waals surface area contributed by atoms with Crippen molar-refractivity contribution in [2.45, 2.75) is 31.7 Å². The smallest absolute Gasteiger partial charge is 0.225 e. The van der Waals surface area contributed by atoms with Gasteiger partial charge in [-0.15, -0.1) is 0 Å². The number of aromatic hydroxyl groups is 1. The second kappa shape index (κ2) is 6.76. The lowest BCUT2D eigenvalue weighted by Crippen LogP contribution is -2.46. The number of aromatic nitrogens is 3. The maximum absolute atomic E-state index is 12.4. The third-order valence-corrected chi connectivity index (χ3v) is 6.59. The van der Waals surface area contributed by atoms with Crippen LogP contribution in [0.4, 0.5) is 0 Å². The van der Waals surface area contributed by atoms with Crippen molar-refractivity contribution in [3.05, 3.63) is 35.0 Å². The van der Waals surface area contributed by atoms with Crippen molar-refractivity contribution in [1.82, 2.24) is 25.0 Å². The lowest BCUT2D eigenvalue weighted by molar-refractivity contribution is -0.133. The fraction of sp³-hybridized carbons (Fsp3) is 0.409. The van der Waals surface area contributed by atoms with E-state index in [0.717, 1.165) is 66.3 Å². The Balaban J connectivity index is 1.40. The summed E-state index contributed by atoms with van der Waals surface area (Å²) in [6, 6.07) is 7.56. The van der Waals surface area contributed by atoms with Crippen molar-refractivity contribution in [3.8, 4) is 17.1 Å². The Morgan fingerprint density at radius 2 is 2.00 bits per heavy atom. The highest BCUT2D eigenvalue weighted by Crippen LogP contribution is 2.33. The molecule has 2 aromatic heterocycles. The third-order valence-electron chi connectivity index (χ3n) is 6.59. The summed E-state index contributed by atoms with van der Waals surface area (Å²) in [6.07, 6.45) is 3.77. The van der Waals surface area contributed by atoms with Crippen LogP contribution in [0.2, 0.25) is 0 Å². The molecule has 1 amide bonds. The number of phenolic OH excluding ortho intramolecular Hbond substituents is 1. The summed E-state index contributed by atoms with van der Waals surface area (Å²) in [4.78, 5) is 22.4. The lowest BCUT2D eigenvalue weighted by Gasteiger charge is -2.32. The van der Waals surface area contributed by atoms with Crippen LogP contribution in [-0.4, -0.2) is 50.4 Å². The highest BCUT2D eigenvalue weighted by molar-refractivity contribution is 5.89. The van der Waals surface area contributed by atoms with Gasteiger partial charge in [0.2, 0.25) is 5.91 Å². The first-order chi connectivity index (χ1) is 15.1. The van der Waals surface area contributed by atoms with Crippen molar-refractivity contribution in [3.63, 3.8) is 0 Å². The predicted molar refractivity (Wildman–Crippen MR) is 115 cm³/mol. The molecule has 3 aromatic rings. The average molecular weight is 419 g/mol. The van der Waals surface area contributed by atoms with Gasteiger partial charge in [-0.25, -0.2) is 9.67 Å². The van der Waals surface area contributed by atoms with Crippen LogP contribution >= 0.6 is 0 Å². The third kappa shape index (κ3) is 2.95. The van der Waals surface area contributed by atoms with Crippen LogP contribution in [0.25, 0.3) is 28.1 Å². The minimum absolute atomic E-state index is 0.165. The van der Waals surface area contributed by atoms with E-state index in [9.17, 15) is 9.90 Å². The highest BCUT2D eigenvalue weighted by atomic mass is 16.3. The zero-order chi connectivity index (χ0) is 21.1. The highest BCUT2D eigenvalue weighted by Gasteiger charge is 2.35. The first-order valence-electron chi connectivity index (χ1n) is 10.9. The van der Waals surface area contributed by atoms with Crippen molar-refractivity contribution in [2.24, 2.45) is 16.6 Å². The monoisotopic (exact) mass is 419 g/mol. The molecule has 160 valence electrons. The normalized spacial score (nSPS) is 19.2. The summed E-state index contributed by atoms with van der Waals surface area (Å²) >= 11 is 0. The van der Waals surface area contributed by atoms with Crippen LogP contribution in [0.3, 0.4) is 0 Å². The van der Waals surface area contributed by atoms with Gasteiger partial charge in [0.05, 0.1) is 22.5 Å². The molecule has 0 spiro atoms. The van der Waals surface area contributed by atoms with Gasteiger partial charge in [0.15, 0.2) is 5.49 Å². The number of benzene rings is 1. The number of hydrogen-bond acceptors (Lipinski definition) is 6. The van der Waals surface area contributed by atoms with Gasteiger partial charge in [0, 0.05) is 24.4 Å². The Kier molecular flexibility index (Phi) is 3.99. The Labute approximate surface area is 178 Å². The van der Waals surface area contributed by atoms with E-state index in [-0.39, 0.29) is 17.7 Å². The second-order valence-electron chi connectivity index (χ2n) is 8.65. The summed E-state index contributed by atoms with van der Waals surface area (Å²) in [5.41, 5.74) is 9.29. The summed E-state index contributed by atoms with van der Waals surface area (Å²) < 4.78 is 1.99. The van der Waals surface area contributed by atoms with Crippen molar-refractivity contribution >= 4 is 22.6 Å². The van der Waals surface area contributed by atoms with Gasteiger partial charge in [-0.3, -0.25) is 4.79 Å². The van der Waals surface area contributed by atoms with Gasteiger partial charge in [-0.2, -0.15) is 5.10 Å². The number of carbonyl (C=O) groups excluding carboxylic acids is 1. The molecule has 0 unspecified atom stereocenters. The van der Waals surface area contributed by atoms with Gasteiger partial charge in [0.1, 0.15) is 23.9 Å². The first kappa shape index (κ1) is 18.3. The van der Waals surface area contributed by atoms with Crippen LogP contribution in [0.1, 0.15) is 31.7 Å². The van der Waals surface area contributed by atoms with Crippen molar-refractivity contribution in [2.75, 3.05) is 19.8 Å². The van der Waals surface area contributed by atoms with E-state index in [1.807, 2.05) is 27.8 Å². The summed E-state index contributed by atoms with van der Waals surface area (Å²) in [7, 11) is 0. The van der Waals surface area contributed by atoms with Crippen LogP contribution in [0, 0.1) is 5.92 Å². The molecule has 6 rings (SSSR count). The zero-order valence-corrected chi connectivity index (χ0v) is 17.1. The van der Waals surface area contributed by atoms with Crippen LogP contribution in [0.15, 0.2) is 29.3 Å². The molecule has 1 aromatic carbocycles. The van der Waals surface area contributed by atoms with E-state index in [2.05, 4.69) is 15.3 Å². The maximum atomic E-state index is 12.4. The molecular formula is C22H25N7O2. The number of para-hydroxylation sites is 1. The number of phenols is 1. The molecule has 1 aliphatic carbocycles. The number of nitrogens with zero attached hydrogens (tertiary/aromatic N) is 4. The SMILES string of the molecule is NC1=c2c(-c3cc4cccc(O)c4[nH]3)nn(C3CCN(C(=O)C4CC4)CC3)c2=NCN1. The maximum Gasteiger partial charge on any atom is 0.225 e. The number of rotatable bonds is 3. The molecule has 1 saturated heterocycles. The fourth-order valence-corrected chi connectivity index (χ4v) is 4.74. The van der Waals surface area contributed by atoms with Crippen LogP contribution in [0.5, 0.6) is 5.75 Å². The number of aromatic amines is 1. The van der Waals surface area contributed by atoms with Crippen molar-refractivity contribution in [1.29, 1.82) is 0 Å². The minimum atomic E-state index is 0.165. The fourth-order valence-electron chi connectivity index (χ4n) is 4.74. The van der Waals surface area contributed by atoms with E-state index in [1.165, 1.54) is 0 Å². The molecule has 2 aliphatic heterocycles. The topological polar surface area (TPSA) is 125 Å². The standard InChI is InChI=1S/C22H25N7O2/c23-20-17-19(15-10-13-2-1-3-16(30)18(13)26-15)27-29(21(17)25-11-24-20)14-6-8-28(9-7-14)22(31)12-4-5-12/h1-3,10,12,14,24,26,30H,4-9,11,23H2. The number of nitrogens with two attached hydrogens (primary N) is 1. The molecule has 5 N–H and O–H groups in total. The molecule has 0 radical (unpaired) electrons. The van der Waals surface area contributed by atoms with E-state index >= 15 is 0 Å². The Morgan fingerprint density at radius 3 is 2.74 bits per heavy atom. The number of carbonyl (C=O) groups is 1. The average Bonchev–Trinajstić information content (AvgIpc) is 3.41. The van der Waals surface area contributed by atoms with Gasteiger partial charge in [-0.1, -0.05) is 12.1 Å². The molecule has 0 bridgehead atoms. The van der Waals surface area contributed by atoms with Crippen LogP contribution in [-0.2, 0) is 4.79 Å². The molecule has 31 heavy (non-hydrogen) atoms. The largest absolute Gasteiger partial charge is 0.506 e. The number of H-pyrrole nitrogens is 1. The molecule has 9 heteroatoms. The molecular weight excluding hydrogens is 394 g/mol. The number of hydrogen-bond donors (Lipinski definition) is 4. The van der Waals surface area contributed by atoms with Crippen molar-refractivity contribution < 1.29 is 9.90 Å². The minimum Gasteiger partial charge on any atom is -0.506 e. The summed E-state index contributed by atoms with van der Waals surface area (Å²) in [6.45, 7) is 1.92. The Hall–Kier alpha value is -3.49. The Morgan fingerprint density at radius 1 is 1.19 bits per heavy atom.